The van der Waals surface area contributed by atoms with Crippen molar-refractivity contribution in [2.45, 2.75) is 6.42 Å². The molecule has 0 saturated heterocycles. The Labute approximate surface area is 106 Å². The zero-order valence-electron chi connectivity index (χ0n) is 10.2. The first-order valence-corrected chi connectivity index (χ1v) is 6.21. The summed E-state index contributed by atoms with van der Waals surface area (Å²) in [5.74, 6) is 0. The topological polar surface area (TPSA) is 32.5 Å². The number of hydrogen-bond acceptors (Lipinski definition) is 3. The van der Waals surface area contributed by atoms with E-state index >= 15 is 0 Å². The van der Waals surface area contributed by atoms with E-state index in [4.69, 9.17) is 5.73 Å². The molecule has 0 unspecified atom stereocenters. The van der Waals surface area contributed by atoms with Crippen LogP contribution in [-0.2, 0) is 0 Å². The molecule has 0 amide bonds. The van der Waals surface area contributed by atoms with Gasteiger partial charge in [0.2, 0.25) is 0 Å². The van der Waals surface area contributed by atoms with E-state index in [0.29, 0.717) is 0 Å². The van der Waals surface area contributed by atoms with Crippen LogP contribution in [0.1, 0.15) is 6.42 Å². The molecule has 0 aliphatic heterocycles. The summed E-state index contributed by atoms with van der Waals surface area (Å²) in [6.07, 6.45) is 1.14. The van der Waals surface area contributed by atoms with Gasteiger partial charge in [-0.3, -0.25) is 0 Å². The molecule has 1 rings (SSSR count). The summed E-state index contributed by atoms with van der Waals surface area (Å²) in [6, 6.07) is 6.01. The number of hydrogen-bond donors (Lipinski definition) is 1. The molecule has 4 heteroatoms. The molecule has 3 nitrogen and oxygen atoms in total. The molecule has 16 heavy (non-hydrogen) atoms. The lowest BCUT2D eigenvalue weighted by Gasteiger charge is -2.22. The molecule has 0 heterocycles. The number of nitrogen functional groups attached to an aromatic ring is 1. The highest BCUT2D eigenvalue weighted by Gasteiger charge is 2.05. The van der Waals surface area contributed by atoms with Gasteiger partial charge in [0.05, 0.1) is 11.4 Å². The Morgan fingerprint density at radius 2 is 1.88 bits per heavy atom. The van der Waals surface area contributed by atoms with Gasteiger partial charge in [0.1, 0.15) is 0 Å². The van der Waals surface area contributed by atoms with Gasteiger partial charge in [-0.25, -0.2) is 0 Å². The van der Waals surface area contributed by atoms with Crippen molar-refractivity contribution in [1.82, 2.24) is 4.90 Å². The van der Waals surface area contributed by atoms with E-state index in [-0.39, 0.29) is 0 Å². The Bertz CT molecular complexity index is 339. The molecule has 90 valence electrons. The van der Waals surface area contributed by atoms with Crippen molar-refractivity contribution >= 4 is 27.3 Å². The lowest BCUT2D eigenvalue weighted by Crippen LogP contribution is -2.23. The predicted octanol–water partition coefficient (Wildman–Crippen LogP) is 2.42. The molecule has 1 aromatic carbocycles. The molecule has 0 fully saturated rings. The highest BCUT2D eigenvalue weighted by Crippen LogP contribution is 2.25. The van der Waals surface area contributed by atoms with Crippen LogP contribution in [-0.4, -0.2) is 39.1 Å². The van der Waals surface area contributed by atoms with Crippen LogP contribution in [0.2, 0.25) is 0 Å². The number of rotatable bonds is 5. The maximum absolute atomic E-state index is 5.97. The van der Waals surface area contributed by atoms with Gasteiger partial charge >= 0.3 is 0 Å². The van der Waals surface area contributed by atoms with Gasteiger partial charge in [0.25, 0.3) is 0 Å². The van der Waals surface area contributed by atoms with Crippen LogP contribution in [0, 0.1) is 0 Å². The van der Waals surface area contributed by atoms with Crippen molar-refractivity contribution in [2.24, 2.45) is 0 Å². The van der Waals surface area contributed by atoms with Crippen molar-refractivity contribution in [3.05, 3.63) is 22.7 Å². The number of halogens is 1. The van der Waals surface area contributed by atoms with Crippen molar-refractivity contribution < 1.29 is 0 Å². The van der Waals surface area contributed by atoms with Crippen LogP contribution >= 0.6 is 15.9 Å². The molecule has 0 radical (unpaired) electrons. The maximum atomic E-state index is 5.97. The molecular formula is C12H20BrN3. The third-order valence-corrected chi connectivity index (χ3v) is 2.99. The highest BCUT2D eigenvalue weighted by molar-refractivity contribution is 9.10. The Morgan fingerprint density at radius 3 is 2.44 bits per heavy atom. The van der Waals surface area contributed by atoms with Gasteiger partial charge in [-0.2, -0.15) is 0 Å². The normalized spacial score (nSPS) is 10.8. The lowest BCUT2D eigenvalue weighted by atomic mass is 10.2. The van der Waals surface area contributed by atoms with E-state index in [0.717, 1.165) is 35.4 Å². The van der Waals surface area contributed by atoms with Crippen LogP contribution in [0.25, 0.3) is 0 Å². The molecular weight excluding hydrogens is 266 g/mol. The van der Waals surface area contributed by atoms with Gasteiger partial charge in [0, 0.05) is 18.1 Å². The van der Waals surface area contributed by atoms with Crippen molar-refractivity contribution in [1.29, 1.82) is 0 Å². The first kappa shape index (κ1) is 13.3. The number of nitrogens with two attached hydrogens (primary N) is 1. The summed E-state index contributed by atoms with van der Waals surface area (Å²) in [7, 11) is 6.26. The van der Waals surface area contributed by atoms with E-state index in [1.54, 1.807) is 0 Å². The Hall–Kier alpha value is -0.740. The fourth-order valence-electron chi connectivity index (χ4n) is 1.62. The Balaban J connectivity index is 2.55. The zero-order chi connectivity index (χ0) is 12.1. The average Bonchev–Trinajstić information content (AvgIpc) is 2.16. The predicted molar refractivity (Wildman–Crippen MR) is 75.0 cm³/mol. The lowest BCUT2D eigenvalue weighted by molar-refractivity contribution is 0.402. The Kier molecular flexibility index (Phi) is 5.09. The first-order valence-electron chi connectivity index (χ1n) is 5.41. The van der Waals surface area contributed by atoms with Crippen LogP contribution in [0.5, 0.6) is 0 Å². The van der Waals surface area contributed by atoms with E-state index in [2.05, 4.69) is 52.9 Å². The summed E-state index contributed by atoms with van der Waals surface area (Å²) >= 11 is 3.41. The Morgan fingerprint density at radius 1 is 1.19 bits per heavy atom. The van der Waals surface area contributed by atoms with Crippen LogP contribution in [0.3, 0.4) is 0 Å². The van der Waals surface area contributed by atoms with Crippen molar-refractivity contribution in [3.63, 3.8) is 0 Å². The first-order chi connectivity index (χ1) is 7.50. The summed E-state index contributed by atoms with van der Waals surface area (Å²) in [5, 5.41) is 0. The van der Waals surface area contributed by atoms with Gasteiger partial charge in [-0.15, -0.1) is 0 Å². The largest absolute Gasteiger partial charge is 0.397 e. The number of nitrogens with zero attached hydrogens (tertiary/aromatic N) is 2. The molecule has 1 aromatic rings. The molecule has 0 aliphatic rings. The quantitative estimate of drug-likeness (QED) is 0.844. The molecule has 0 bridgehead atoms. The van der Waals surface area contributed by atoms with Gasteiger partial charge in [-0.05, 0) is 45.3 Å². The van der Waals surface area contributed by atoms with E-state index in [1.807, 2.05) is 12.1 Å². The third kappa shape index (κ3) is 4.02. The molecule has 0 aromatic heterocycles. The molecule has 0 aliphatic carbocycles. The third-order valence-electron chi connectivity index (χ3n) is 2.50. The standard InChI is InChI=1S/C12H20BrN3/c1-15(2)7-4-8-16(3)12-6-5-10(13)9-11(12)14/h5-6,9H,4,7-8,14H2,1-3H3. The van der Waals surface area contributed by atoms with E-state index in [9.17, 15) is 0 Å². The summed E-state index contributed by atoms with van der Waals surface area (Å²) in [5.41, 5.74) is 7.89. The number of benzene rings is 1. The minimum Gasteiger partial charge on any atom is -0.397 e. The smallest absolute Gasteiger partial charge is 0.0598 e. The monoisotopic (exact) mass is 285 g/mol. The van der Waals surface area contributed by atoms with Crippen molar-refractivity contribution in [2.75, 3.05) is 44.9 Å². The molecule has 0 spiro atoms. The maximum Gasteiger partial charge on any atom is 0.0598 e. The van der Waals surface area contributed by atoms with Gasteiger partial charge < -0.3 is 15.5 Å². The van der Waals surface area contributed by atoms with E-state index < -0.39 is 0 Å². The minimum absolute atomic E-state index is 0.821. The fourth-order valence-corrected chi connectivity index (χ4v) is 2.00. The molecule has 0 atom stereocenters. The fraction of sp³-hybridized carbons (Fsp3) is 0.500. The second-order valence-electron chi connectivity index (χ2n) is 4.28. The van der Waals surface area contributed by atoms with Crippen molar-refractivity contribution in [3.8, 4) is 0 Å². The zero-order valence-corrected chi connectivity index (χ0v) is 11.8. The minimum atomic E-state index is 0.821. The average molecular weight is 286 g/mol. The summed E-state index contributed by atoms with van der Waals surface area (Å²) < 4.78 is 1.02. The van der Waals surface area contributed by atoms with Crippen LogP contribution < -0.4 is 10.6 Å². The van der Waals surface area contributed by atoms with E-state index in [1.165, 1.54) is 0 Å². The molecule has 2 N–H and O–H groups in total. The van der Waals surface area contributed by atoms with Crippen LogP contribution in [0.15, 0.2) is 22.7 Å². The summed E-state index contributed by atoms with van der Waals surface area (Å²) in [4.78, 5) is 4.39. The second kappa shape index (κ2) is 6.11. The van der Waals surface area contributed by atoms with Gasteiger partial charge in [-0.1, -0.05) is 15.9 Å². The second-order valence-corrected chi connectivity index (χ2v) is 5.20. The van der Waals surface area contributed by atoms with Gasteiger partial charge in [0.15, 0.2) is 0 Å². The number of anilines is 2. The summed E-state index contributed by atoms with van der Waals surface area (Å²) in [6.45, 7) is 2.12. The molecule has 0 saturated carbocycles. The highest BCUT2D eigenvalue weighted by atomic mass is 79.9. The SMILES string of the molecule is CN(C)CCCN(C)c1ccc(Br)cc1N. The van der Waals surface area contributed by atoms with Crippen LogP contribution in [0.4, 0.5) is 11.4 Å².